The first-order chi connectivity index (χ1) is 8.24. The van der Waals surface area contributed by atoms with Crippen LogP contribution in [0.25, 0.3) is 0 Å². The number of carbonyl (C=O) groups is 1. The van der Waals surface area contributed by atoms with E-state index in [9.17, 15) is 4.79 Å². The molecule has 0 aromatic heterocycles. The summed E-state index contributed by atoms with van der Waals surface area (Å²) < 4.78 is 0. The van der Waals surface area contributed by atoms with Gasteiger partial charge in [0.1, 0.15) is 0 Å². The van der Waals surface area contributed by atoms with Gasteiger partial charge in [0.15, 0.2) is 5.78 Å². The normalized spacial score (nSPS) is 35.8. The first kappa shape index (κ1) is 13.4. The highest BCUT2D eigenvalue weighted by atomic mass is 32.2. The van der Waals surface area contributed by atoms with Crippen LogP contribution in [0.5, 0.6) is 0 Å². The first-order valence-corrected chi connectivity index (χ1v) is 8.21. The number of Topliss-reactive ketones (excluding diaryl/α,β-unsaturated/α-hetero) is 1. The van der Waals surface area contributed by atoms with Crippen molar-refractivity contribution in [2.24, 2.45) is 11.8 Å². The maximum Gasteiger partial charge on any atom is 0.154 e. The van der Waals surface area contributed by atoms with Crippen molar-refractivity contribution in [2.75, 3.05) is 25.1 Å². The molecule has 17 heavy (non-hydrogen) atoms. The largest absolute Gasteiger partial charge is 0.298 e. The lowest BCUT2D eigenvalue weighted by Gasteiger charge is -2.37. The number of rotatable bonds is 3. The summed E-state index contributed by atoms with van der Waals surface area (Å²) in [6, 6.07) is 0.200. The van der Waals surface area contributed by atoms with Gasteiger partial charge in [0.25, 0.3) is 0 Å². The molecule has 3 heteroatoms. The van der Waals surface area contributed by atoms with Crippen molar-refractivity contribution in [3.05, 3.63) is 0 Å². The number of ketones is 1. The van der Waals surface area contributed by atoms with Crippen LogP contribution in [-0.2, 0) is 4.79 Å². The molecule has 3 unspecified atom stereocenters. The lowest BCUT2D eigenvalue weighted by molar-refractivity contribution is -0.130. The molecule has 1 heterocycles. The van der Waals surface area contributed by atoms with Crippen molar-refractivity contribution in [3.63, 3.8) is 0 Å². The fraction of sp³-hybridized carbons (Fsp3) is 0.929. The highest BCUT2D eigenvalue weighted by Crippen LogP contribution is 2.34. The Hall–Kier alpha value is -0.0200. The number of hydrogen-bond donors (Lipinski definition) is 0. The van der Waals surface area contributed by atoms with Gasteiger partial charge in [-0.2, -0.15) is 11.8 Å². The van der Waals surface area contributed by atoms with Crippen LogP contribution in [0.3, 0.4) is 0 Å². The lowest BCUT2D eigenvalue weighted by Crippen LogP contribution is -2.48. The zero-order valence-corrected chi connectivity index (χ0v) is 12.0. The zero-order valence-electron chi connectivity index (χ0n) is 11.2. The van der Waals surface area contributed by atoms with E-state index in [1.807, 2.05) is 11.8 Å². The second kappa shape index (κ2) is 6.24. The van der Waals surface area contributed by atoms with Gasteiger partial charge in [-0.05, 0) is 25.8 Å². The average Bonchev–Trinajstić information content (AvgIpc) is 2.38. The Morgan fingerprint density at radius 1 is 1.35 bits per heavy atom. The number of thioether (sulfide) groups is 1. The van der Waals surface area contributed by atoms with Gasteiger partial charge in [-0.15, -0.1) is 0 Å². The molecule has 0 amide bonds. The molecule has 1 saturated heterocycles. The number of likely N-dealkylation sites (N-methyl/N-ethyl adjacent to an activating group) is 1. The van der Waals surface area contributed by atoms with Crippen molar-refractivity contribution in [3.8, 4) is 0 Å². The molecular weight excluding hydrogens is 230 g/mol. The van der Waals surface area contributed by atoms with Gasteiger partial charge >= 0.3 is 0 Å². The third-order valence-electron chi connectivity index (χ3n) is 4.52. The van der Waals surface area contributed by atoms with Gasteiger partial charge in [-0.3, -0.25) is 9.69 Å². The monoisotopic (exact) mass is 255 g/mol. The topological polar surface area (TPSA) is 20.3 Å². The van der Waals surface area contributed by atoms with E-state index in [1.54, 1.807) is 0 Å². The third-order valence-corrected chi connectivity index (χ3v) is 5.55. The van der Waals surface area contributed by atoms with Gasteiger partial charge in [-0.25, -0.2) is 0 Å². The van der Waals surface area contributed by atoms with Gasteiger partial charge < -0.3 is 0 Å². The standard InChI is InChI=1S/C14H25NOS/c1-3-11-6-4-5-7-12(11)14(16)13-10-17-9-8-15(13)2/h11-13H,3-10H2,1-2H3. The summed E-state index contributed by atoms with van der Waals surface area (Å²) in [6.07, 6.45) is 6.19. The summed E-state index contributed by atoms with van der Waals surface area (Å²) in [5.41, 5.74) is 0. The minimum Gasteiger partial charge on any atom is -0.298 e. The number of carbonyl (C=O) groups excluding carboxylic acids is 1. The quantitative estimate of drug-likeness (QED) is 0.773. The maximum atomic E-state index is 12.7. The van der Waals surface area contributed by atoms with Gasteiger partial charge in [0.05, 0.1) is 6.04 Å². The molecule has 0 aromatic rings. The molecule has 3 atom stereocenters. The van der Waals surface area contributed by atoms with Crippen molar-refractivity contribution in [1.82, 2.24) is 4.90 Å². The maximum absolute atomic E-state index is 12.7. The molecular formula is C14H25NOS. The summed E-state index contributed by atoms with van der Waals surface area (Å²) in [6.45, 7) is 3.32. The molecule has 0 aromatic carbocycles. The minimum absolute atomic E-state index is 0.200. The van der Waals surface area contributed by atoms with E-state index in [4.69, 9.17) is 0 Å². The average molecular weight is 255 g/mol. The summed E-state index contributed by atoms with van der Waals surface area (Å²) in [4.78, 5) is 15.0. The van der Waals surface area contributed by atoms with Crippen molar-refractivity contribution < 1.29 is 4.79 Å². The van der Waals surface area contributed by atoms with Crippen LogP contribution in [0.2, 0.25) is 0 Å². The van der Waals surface area contributed by atoms with Crippen molar-refractivity contribution >= 4 is 17.5 Å². The summed E-state index contributed by atoms with van der Waals surface area (Å²) in [7, 11) is 2.12. The molecule has 2 rings (SSSR count). The molecule has 2 nitrogen and oxygen atoms in total. The second-order valence-corrected chi connectivity index (χ2v) is 6.68. The smallest absolute Gasteiger partial charge is 0.154 e. The van der Waals surface area contributed by atoms with Gasteiger partial charge in [0.2, 0.25) is 0 Å². The Labute approximate surface area is 110 Å². The summed E-state index contributed by atoms with van der Waals surface area (Å²) in [5.74, 6) is 3.77. The molecule has 98 valence electrons. The minimum atomic E-state index is 0.200. The van der Waals surface area contributed by atoms with Crippen LogP contribution >= 0.6 is 11.8 Å². The molecule has 1 saturated carbocycles. The van der Waals surface area contributed by atoms with Crippen LogP contribution in [0.15, 0.2) is 0 Å². The summed E-state index contributed by atoms with van der Waals surface area (Å²) in [5, 5.41) is 0. The Balaban J connectivity index is 2.01. The second-order valence-electron chi connectivity index (χ2n) is 5.53. The predicted molar refractivity (Wildman–Crippen MR) is 74.5 cm³/mol. The SMILES string of the molecule is CCC1CCCCC1C(=O)C1CSCCN1C. The van der Waals surface area contributed by atoms with E-state index in [2.05, 4.69) is 18.9 Å². The fourth-order valence-corrected chi connectivity index (χ4v) is 4.53. The Morgan fingerprint density at radius 2 is 2.12 bits per heavy atom. The van der Waals surface area contributed by atoms with Crippen LogP contribution in [0.4, 0.5) is 0 Å². The third kappa shape index (κ3) is 3.05. The van der Waals surface area contributed by atoms with E-state index >= 15 is 0 Å². The van der Waals surface area contributed by atoms with Crippen molar-refractivity contribution in [1.29, 1.82) is 0 Å². The van der Waals surface area contributed by atoms with Crippen molar-refractivity contribution in [2.45, 2.75) is 45.1 Å². The van der Waals surface area contributed by atoms with E-state index in [-0.39, 0.29) is 6.04 Å². The van der Waals surface area contributed by atoms with E-state index in [1.165, 1.54) is 31.4 Å². The predicted octanol–water partition coefficient (Wildman–Crippen LogP) is 2.82. The van der Waals surface area contributed by atoms with Crippen LogP contribution in [-0.4, -0.2) is 41.8 Å². The highest BCUT2D eigenvalue weighted by Gasteiger charge is 2.36. The lowest BCUT2D eigenvalue weighted by atomic mass is 9.74. The highest BCUT2D eigenvalue weighted by molar-refractivity contribution is 7.99. The molecule has 2 fully saturated rings. The molecule has 1 aliphatic carbocycles. The fourth-order valence-electron chi connectivity index (χ4n) is 3.30. The first-order valence-electron chi connectivity index (χ1n) is 7.05. The Bertz CT molecular complexity index is 269. The number of hydrogen-bond acceptors (Lipinski definition) is 3. The molecule has 2 aliphatic rings. The molecule has 0 spiro atoms. The van der Waals surface area contributed by atoms with E-state index < -0.39 is 0 Å². The van der Waals surface area contributed by atoms with Crippen LogP contribution < -0.4 is 0 Å². The van der Waals surface area contributed by atoms with E-state index in [0.29, 0.717) is 17.6 Å². The Morgan fingerprint density at radius 3 is 2.82 bits per heavy atom. The zero-order chi connectivity index (χ0) is 12.3. The van der Waals surface area contributed by atoms with Gasteiger partial charge in [0, 0.05) is 24.0 Å². The molecule has 1 aliphatic heterocycles. The van der Waals surface area contributed by atoms with E-state index in [0.717, 1.165) is 18.7 Å². The van der Waals surface area contributed by atoms with Crippen LogP contribution in [0.1, 0.15) is 39.0 Å². The Kier molecular flexibility index (Phi) is 4.92. The number of nitrogens with zero attached hydrogens (tertiary/aromatic N) is 1. The van der Waals surface area contributed by atoms with Gasteiger partial charge in [-0.1, -0.05) is 26.2 Å². The van der Waals surface area contributed by atoms with Crippen LogP contribution in [0, 0.1) is 11.8 Å². The molecule has 0 radical (unpaired) electrons. The molecule has 0 N–H and O–H groups in total. The molecule has 0 bridgehead atoms. The summed E-state index contributed by atoms with van der Waals surface area (Å²) >= 11 is 1.95.